The average Bonchev–Trinajstić information content (AvgIpc) is 3.01. The third-order valence-corrected chi connectivity index (χ3v) is 4.80. The Morgan fingerprint density at radius 1 is 1.56 bits per heavy atom. The largest absolute Gasteiger partial charge is 0.309 e. The lowest BCUT2D eigenvalue weighted by Crippen LogP contribution is -2.21. The van der Waals surface area contributed by atoms with Gasteiger partial charge in [0.05, 0.1) is 4.34 Å². The summed E-state index contributed by atoms with van der Waals surface area (Å²) in [6.07, 6.45) is 5.32. The van der Waals surface area contributed by atoms with Gasteiger partial charge in [0.25, 0.3) is 0 Å². The molecule has 1 aliphatic rings. The van der Waals surface area contributed by atoms with E-state index >= 15 is 0 Å². The van der Waals surface area contributed by atoms with Crippen molar-refractivity contribution >= 4 is 22.9 Å². The molecule has 1 atom stereocenters. The topological polar surface area (TPSA) is 12.0 Å². The molecule has 0 radical (unpaired) electrons. The summed E-state index contributed by atoms with van der Waals surface area (Å²) in [6, 6.07) is 2.78. The van der Waals surface area contributed by atoms with Crippen LogP contribution in [0.3, 0.4) is 0 Å². The first-order valence-corrected chi connectivity index (χ1v) is 7.39. The van der Waals surface area contributed by atoms with Crippen LogP contribution in [0, 0.1) is 12.8 Å². The number of halogens is 1. The first-order chi connectivity index (χ1) is 7.70. The summed E-state index contributed by atoms with van der Waals surface area (Å²) in [6.45, 7) is 5.41. The molecule has 1 heterocycles. The van der Waals surface area contributed by atoms with Crippen LogP contribution in [0.25, 0.3) is 0 Å². The number of rotatable bonds is 6. The van der Waals surface area contributed by atoms with Crippen molar-refractivity contribution in [2.45, 2.75) is 45.6 Å². The molecule has 0 amide bonds. The van der Waals surface area contributed by atoms with Crippen molar-refractivity contribution in [1.82, 2.24) is 5.32 Å². The standard InChI is InChI=1S/C13H20ClNS/c1-3-6-15-11(8-10-4-5-10)12-7-9(2)13(14)16-12/h7,10-11,15H,3-6,8H2,1-2H3. The lowest BCUT2D eigenvalue weighted by molar-refractivity contribution is 0.480. The van der Waals surface area contributed by atoms with Crippen LogP contribution in [0.4, 0.5) is 0 Å². The lowest BCUT2D eigenvalue weighted by atomic mass is 10.1. The highest BCUT2D eigenvalue weighted by atomic mass is 35.5. The van der Waals surface area contributed by atoms with E-state index in [1.807, 2.05) is 0 Å². The average molecular weight is 258 g/mol. The van der Waals surface area contributed by atoms with Gasteiger partial charge in [0.15, 0.2) is 0 Å². The van der Waals surface area contributed by atoms with Gasteiger partial charge in [-0.25, -0.2) is 0 Å². The minimum absolute atomic E-state index is 0.531. The maximum absolute atomic E-state index is 6.15. The Kier molecular flexibility index (Phi) is 4.28. The molecule has 1 fully saturated rings. The monoisotopic (exact) mass is 257 g/mol. The van der Waals surface area contributed by atoms with Crippen LogP contribution in [0.15, 0.2) is 6.07 Å². The van der Waals surface area contributed by atoms with Crippen LogP contribution in [-0.4, -0.2) is 6.54 Å². The Labute approximate surface area is 107 Å². The highest BCUT2D eigenvalue weighted by molar-refractivity contribution is 7.16. The lowest BCUT2D eigenvalue weighted by Gasteiger charge is -2.16. The molecule has 1 nitrogen and oxygen atoms in total. The molecule has 16 heavy (non-hydrogen) atoms. The van der Waals surface area contributed by atoms with Crippen LogP contribution < -0.4 is 5.32 Å². The van der Waals surface area contributed by atoms with Gasteiger partial charge in [-0.15, -0.1) is 11.3 Å². The van der Waals surface area contributed by atoms with Crippen molar-refractivity contribution in [1.29, 1.82) is 0 Å². The smallest absolute Gasteiger partial charge is 0.0960 e. The van der Waals surface area contributed by atoms with Crippen molar-refractivity contribution in [2.24, 2.45) is 5.92 Å². The van der Waals surface area contributed by atoms with Gasteiger partial charge in [-0.3, -0.25) is 0 Å². The molecule has 0 spiro atoms. The van der Waals surface area contributed by atoms with Gasteiger partial charge in [0, 0.05) is 10.9 Å². The molecule has 0 aliphatic heterocycles. The van der Waals surface area contributed by atoms with E-state index in [1.54, 1.807) is 11.3 Å². The molecule has 0 bridgehead atoms. The first kappa shape index (κ1) is 12.4. The quantitative estimate of drug-likeness (QED) is 0.788. The molecule has 0 aromatic carbocycles. The second kappa shape index (κ2) is 5.52. The van der Waals surface area contributed by atoms with Gasteiger partial charge in [0.2, 0.25) is 0 Å². The number of hydrogen-bond acceptors (Lipinski definition) is 2. The van der Waals surface area contributed by atoms with Gasteiger partial charge in [0.1, 0.15) is 0 Å². The van der Waals surface area contributed by atoms with Crippen LogP contribution in [-0.2, 0) is 0 Å². The molecule has 3 heteroatoms. The predicted octanol–water partition coefficient (Wildman–Crippen LogP) is 4.55. The fourth-order valence-corrected chi connectivity index (χ4v) is 3.27. The molecule has 1 N–H and O–H groups in total. The Balaban J connectivity index is 2.03. The third-order valence-electron chi connectivity index (χ3n) is 3.13. The fraction of sp³-hybridized carbons (Fsp3) is 0.692. The zero-order valence-corrected chi connectivity index (χ0v) is 11.6. The maximum atomic E-state index is 6.15. The van der Waals surface area contributed by atoms with Crippen LogP contribution in [0.1, 0.15) is 49.1 Å². The van der Waals surface area contributed by atoms with Gasteiger partial charge >= 0.3 is 0 Å². The summed E-state index contributed by atoms with van der Waals surface area (Å²) in [7, 11) is 0. The Bertz CT molecular complexity index is 324. The van der Waals surface area contributed by atoms with Crippen molar-refractivity contribution < 1.29 is 0 Å². The minimum Gasteiger partial charge on any atom is -0.309 e. The maximum Gasteiger partial charge on any atom is 0.0960 e. The van der Waals surface area contributed by atoms with Gasteiger partial charge in [-0.1, -0.05) is 31.4 Å². The van der Waals surface area contributed by atoms with Crippen molar-refractivity contribution in [3.63, 3.8) is 0 Å². The molecule has 1 aliphatic carbocycles. The van der Waals surface area contributed by atoms with Gasteiger partial charge in [-0.2, -0.15) is 0 Å². The normalized spacial score (nSPS) is 17.7. The highest BCUT2D eigenvalue weighted by Crippen LogP contribution is 2.40. The third kappa shape index (κ3) is 3.22. The van der Waals surface area contributed by atoms with E-state index in [1.165, 1.54) is 36.1 Å². The zero-order chi connectivity index (χ0) is 11.5. The number of hydrogen-bond donors (Lipinski definition) is 1. The van der Waals surface area contributed by atoms with E-state index in [9.17, 15) is 0 Å². The Hall–Kier alpha value is -0.0500. The summed E-state index contributed by atoms with van der Waals surface area (Å²) in [5.74, 6) is 0.954. The van der Waals surface area contributed by atoms with E-state index in [-0.39, 0.29) is 0 Å². The highest BCUT2D eigenvalue weighted by Gasteiger charge is 2.27. The van der Waals surface area contributed by atoms with E-state index in [4.69, 9.17) is 11.6 Å². The van der Waals surface area contributed by atoms with Crippen molar-refractivity contribution in [2.75, 3.05) is 6.54 Å². The van der Waals surface area contributed by atoms with Crippen LogP contribution in [0.2, 0.25) is 4.34 Å². The second-order valence-electron chi connectivity index (χ2n) is 4.79. The summed E-state index contributed by atoms with van der Waals surface area (Å²) in [5, 5.41) is 3.65. The van der Waals surface area contributed by atoms with E-state index < -0.39 is 0 Å². The molecule has 1 saturated carbocycles. The van der Waals surface area contributed by atoms with Crippen LogP contribution in [0.5, 0.6) is 0 Å². The number of aryl methyl sites for hydroxylation is 1. The second-order valence-corrected chi connectivity index (χ2v) is 6.48. The summed E-state index contributed by atoms with van der Waals surface area (Å²) in [4.78, 5) is 1.42. The fourth-order valence-electron chi connectivity index (χ4n) is 1.96. The summed E-state index contributed by atoms with van der Waals surface area (Å²) < 4.78 is 0.953. The predicted molar refractivity (Wildman–Crippen MR) is 72.4 cm³/mol. The molecule has 1 aromatic heterocycles. The molecular formula is C13H20ClNS. The van der Waals surface area contributed by atoms with Crippen molar-refractivity contribution in [3.05, 3.63) is 20.8 Å². The number of nitrogens with one attached hydrogen (secondary N) is 1. The van der Waals surface area contributed by atoms with Gasteiger partial charge < -0.3 is 5.32 Å². The first-order valence-electron chi connectivity index (χ1n) is 6.20. The zero-order valence-electron chi connectivity index (χ0n) is 10.1. The Morgan fingerprint density at radius 3 is 2.81 bits per heavy atom. The molecule has 1 unspecified atom stereocenters. The summed E-state index contributed by atoms with van der Waals surface area (Å²) >= 11 is 7.90. The minimum atomic E-state index is 0.531. The summed E-state index contributed by atoms with van der Waals surface area (Å²) in [5.41, 5.74) is 1.22. The van der Waals surface area contributed by atoms with E-state index in [2.05, 4.69) is 25.2 Å². The van der Waals surface area contributed by atoms with E-state index in [0.29, 0.717) is 6.04 Å². The van der Waals surface area contributed by atoms with Crippen molar-refractivity contribution in [3.8, 4) is 0 Å². The Morgan fingerprint density at radius 2 is 2.31 bits per heavy atom. The number of thiophene rings is 1. The van der Waals surface area contributed by atoms with Gasteiger partial charge in [-0.05, 0) is 43.9 Å². The molecule has 0 saturated heterocycles. The SMILES string of the molecule is CCCNC(CC1CC1)c1cc(C)c(Cl)s1. The van der Waals surface area contributed by atoms with E-state index in [0.717, 1.165) is 16.8 Å². The molecule has 90 valence electrons. The molecule has 1 aromatic rings. The van der Waals surface area contributed by atoms with Crippen LogP contribution >= 0.6 is 22.9 Å². The molecular weight excluding hydrogens is 238 g/mol. The molecule has 2 rings (SSSR count).